The number of aryl methyl sites for hydroxylation is 2. The maximum Gasteiger partial charge on any atom is 0.254 e. The first-order valence-electron chi connectivity index (χ1n) is 7.86. The predicted octanol–water partition coefficient (Wildman–Crippen LogP) is 2.48. The number of sulfone groups is 1. The van der Waals surface area contributed by atoms with E-state index in [1.807, 2.05) is 36.9 Å². The van der Waals surface area contributed by atoms with Gasteiger partial charge in [-0.25, -0.2) is 8.42 Å². The van der Waals surface area contributed by atoms with E-state index in [1.54, 1.807) is 0 Å². The van der Waals surface area contributed by atoms with Gasteiger partial charge in [-0.05, 0) is 62.8 Å². The van der Waals surface area contributed by atoms with Crippen molar-refractivity contribution in [2.24, 2.45) is 0 Å². The van der Waals surface area contributed by atoms with Gasteiger partial charge in [0.2, 0.25) is 0 Å². The molecule has 4 nitrogen and oxygen atoms in total. The molecule has 0 N–H and O–H groups in total. The summed E-state index contributed by atoms with van der Waals surface area (Å²) < 4.78 is 23.7. The minimum atomic E-state index is -3.02. The van der Waals surface area contributed by atoms with E-state index in [-0.39, 0.29) is 23.2 Å². The Balaban J connectivity index is 1.84. The Morgan fingerprint density at radius 1 is 1.09 bits per heavy atom. The summed E-state index contributed by atoms with van der Waals surface area (Å²) in [5.74, 6) is 0.0579. The van der Waals surface area contributed by atoms with Gasteiger partial charge in [-0.15, -0.1) is 0 Å². The number of nitrogens with zero attached hydrogens (tertiary/aromatic N) is 1. The zero-order chi connectivity index (χ0) is 16.1. The maximum absolute atomic E-state index is 12.9. The zero-order valence-corrected chi connectivity index (χ0v) is 14.2. The SMILES string of the molecule is Cc1ccc(C(=O)N2C3CCC2CC(S(C)(=O)=O)C3)cc1C. The third-order valence-electron chi connectivity index (χ3n) is 5.28. The number of rotatable bonds is 2. The summed E-state index contributed by atoms with van der Waals surface area (Å²) in [6.07, 6.45) is 4.34. The van der Waals surface area contributed by atoms with Crippen LogP contribution in [0.4, 0.5) is 0 Å². The molecule has 1 aromatic carbocycles. The van der Waals surface area contributed by atoms with Gasteiger partial charge in [0.25, 0.3) is 5.91 Å². The summed E-state index contributed by atoms with van der Waals surface area (Å²) in [6, 6.07) is 5.96. The fourth-order valence-electron chi connectivity index (χ4n) is 3.83. The van der Waals surface area contributed by atoms with Crippen molar-refractivity contribution in [2.75, 3.05) is 6.26 Å². The first kappa shape index (κ1) is 15.5. The Kier molecular flexibility index (Phi) is 3.79. The van der Waals surface area contributed by atoms with Gasteiger partial charge in [-0.1, -0.05) is 6.07 Å². The molecule has 120 valence electrons. The van der Waals surface area contributed by atoms with Gasteiger partial charge in [0.1, 0.15) is 9.84 Å². The molecule has 2 aliphatic rings. The van der Waals surface area contributed by atoms with Crippen LogP contribution in [0.15, 0.2) is 18.2 Å². The van der Waals surface area contributed by atoms with Gasteiger partial charge in [0, 0.05) is 23.9 Å². The van der Waals surface area contributed by atoms with Crippen LogP contribution in [-0.4, -0.2) is 42.8 Å². The minimum Gasteiger partial charge on any atom is -0.333 e. The Labute approximate surface area is 132 Å². The molecule has 0 radical (unpaired) electrons. The molecule has 0 aliphatic carbocycles. The molecule has 2 unspecified atom stereocenters. The van der Waals surface area contributed by atoms with Crippen molar-refractivity contribution in [2.45, 2.75) is 56.9 Å². The molecule has 2 heterocycles. The summed E-state index contributed by atoms with van der Waals surface area (Å²) in [4.78, 5) is 14.8. The number of carbonyl (C=O) groups excluding carboxylic acids is 1. The highest BCUT2D eigenvalue weighted by atomic mass is 32.2. The van der Waals surface area contributed by atoms with Gasteiger partial charge in [-0.3, -0.25) is 4.79 Å². The monoisotopic (exact) mass is 321 g/mol. The summed E-state index contributed by atoms with van der Waals surface area (Å²) in [5.41, 5.74) is 3.01. The first-order valence-corrected chi connectivity index (χ1v) is 9.81. The normalized spacial score (nSPS) is 28.0. The summed E-state index contributed by atoms with van der Waals surface area (Å²) in [7, 11) is -3.02. The Hall–Kier alpha value is -1.36. The van der Waals surface area contributed by atoms with E-state index in [0.29, 0.717) is 12.8 Å². The van der Waals surface area contributed by atoms with Crippen molar-refractivity contribution in [3.05, 3.63) is 34.9 Å². The number of amides is 1. The van der Waals surface area contributed by atoms with Crippen molar-refractivity contribution < 1.29 is 13.2 Å². The Morgan fingerprint density at radius 3 is 2.18 bits per heavy atom. The van der Waals surface area contributed by atoms with Crippen LogP contribution in [-0.2, 0) is 9.84 Å². The van der Waals surface area contributed by atoms with Crippen LogP contribution in [0.25, 0.3) is 0 Å². The van der Waals surface area contributed by atoms with Crippen LogP contribution in [0.5, 0.6) is 0 Å². The predicted molar refractivity (Wildman–Crippen MR) is 86.8 cm³/mol. The molecule has 2 bridgehead atoms. The van der Waals surface area contributed by atoms with Crippen molar-refractivity contribution in [3.63, 3.8) is 0 Å². The van der Waals surface area contributed by atoms with E-state index < -0.39 is 9.84 Å². The van der Waals surface area contributed by atoms with Crippen LogP contribution >= 0.6 is 0 Å². The van der Waals surface area contributed by atoms with Gasteiger partial charge in [-0.2, -0.15) is 0 Å². The highest BCUT2D eigenvalue weighted by Crippen LogP contribution is 2.39. The zero-order valence-electron chi connectivity index (χ0n) is 13.4. The second-order valence-electron chi connectivity index (χ2n) is 6.82. The third kappa shape index (κ3) is 2.67. The van der Waals surface area contributed by atoms with Crippen LogP contribution in [0.1, 0.15) is 47.2 Å². The van der Waals surface area contributed by atoms with Gasteiger partial charge < -0.3 is 4.90 Å². The largest absolute Gasteiger partial charge is 0.333 e. The smallest absolute Gasteiger partial charge is 0.254 e. The van der Waals surface area contributed by atoms with Gasteiger partial charge in [0.15, 0.2) is 0 Å². The molecule has 22 heavy (non-hydrogen) atoms. The minimum absolute atomic E-state index is 0.0579. The molecule has 0 spiro atoms. The Morgan fingerprint density at radius 2 is 1.68 bits per heavy atom. The molecule has 1 aromatic rings. The number of hydrogen-bond donors (Lipinski definition) is 0. The maximum atomic E-state index is 12.9. The summed E-state index contributed by atoms with van der Waals surface area (Å²) in [6.45, 7) is 4.04. The molecular weight excluding hydrogens is 298 g/mol. The van der Waals surface area contributed by atoms with Crippen LogP contribution < -0.4 is 0 Å². The lowest BCUT2D eigenvalue weighted by Gasteiger charge is -2.38. The summed E-state index contributed by atoms with van der Waals surface area (Å²) in [5, 5.41) is -0.284. The van der Waals surface area contributed by atoms with Crippen LogP contribution in [0, 0.1) is 13.8 Å². The van der Waals surface area contributed by atoms with E-state index in [9.17, 15) is 13.2 Å². The van der Waals surface area contributed by atoms with Crippen molar-refractivity contribution in [1.29, 1.82) is 0 Å². The van der Waals surface area contributed by atoms with Gasteiger partial charge >= 0.3 is 0 Å². The van der Waals surface area contributed by atoms with Crippen molar-refractivity contribution >= 4 is 15.7 Å². The van der Waals surface area contributed by atoms with Crippen molar-refractivity contribution in [1.82, 2.24) is 4.90 Å². The number of hydrogen-bond acceptors (Lipinski definition) is 3. The molecule has 2 atom stereocenters. The first-order chi connectivity index (χ1) is 10.3. The quantitative estimate of drug-likeness (QED) is 0.841. The average Bonchev–Trinajstić information content (AvgIpc) is 2.69. The van der Waals surface area contributed by atoms with E-state index in [4.69, 9.17) is 0 Å². The molecule has 3 rings (SSSR count). The van der Waals surface area contributed by atoms with E-state index >= 15 is 0 Å². The average molecular weight is 321 g/mol. The lowest BCUT2D eigenvalue weighted by atomic mass is 9.99. The third-order valence-corrected chi connectivity index (χ3v) is 6.88. The lowest BCUT2D eigenvalue weighted by Crippen LogP contribution is -2.49. The lowest BCUT2D eigenvalue weighted by molar-refractivity contribution is 0.0598. The number of benzene rings is 1. The highest BCUT2D eigenvalue weighted by molar-refractivity contribution is 7.91. The van der Waals surface area contributed by atoms with Crippen molar-refractivity contribution in [3.8, 4) is 0 Å². The standard InChI is InChI=1S/C17H23NO3S/c1-11-4-5-13(8-12(11)2)17(19)18-14-6-7-15(18)10-16(9-14)22(3,20)21/h4-5,8,14-16H,6-7,9-10H2,1-3H3. The highest BCUT2D eigenvalue weighted by Gasteiger charge is 2.45. The topological polar surface area (TPSA) is 54.5 Å². The van der Waals surface area contributed by atoms with Crippen LogP contribution in [0.2, 0.25) is 0 Å². The molecule has 1 amide bonds. The number of fused-ring (bicyclic) bond motifs is 2. The fraction of sp³-hybridized carbons (Fsp3) is 0.588. The molecule has 2 fully saturated rings. The second-order valence-corrected chi connectivity index (χ2v) is 9.15. The van der Waals surface area contributed by atoms with Gasteiger partial charge in [0.05, 0.1) is 5.25 Å². The molecular formula is C17H23NO3S. The van der Waals surface area contributed by atoms with E-state index in [2.05, 4.69) is 0 Å². The molecule has 0 saturated carbocycles. The Bertz CT molecular complexity index is 697. The summed E-state index contributed by atoms with van der Waals surface area (Å²) >= 11 is 0. The van der Waals surface area contributed by atoms with E-state index in [0.717, 1.165) is 24.0 Å². The van der Waals surface area contributed by atoms with E-state index in [1.165, 1.54) is 11.8 Å². The number of piperidine rings is 1. The second kappa shape index (κ2) is 5.37. The molecule has 5 heteroatoms. The molecule has 2 aliphatic heterocycles. The fourth-order valence-corrected chi connectivity index (χ4v) is 4.98. The van der Waals surface area contributed by atoms with Crippen LogP contribution in [0.3, 0.4) is 0 Å². The number of carbonyl (C=O) groups is 1. The molecule has 0 aromatic heterocycles. The molecule has 2 saturated heterocycles.